The zero-order chi connectivity index (χ0) is 16.6. The van der Waals surface area contributed by atoms with Crippen LogP contribution in [0.4, 0.5) is 13.2 Å². The average molecular weight is 321 g/mol. The van der Waals surface area contributed by atoms with Gasteiger partial charge in [-0.3, -0.25) is 5.10 Å². The molecule has 3 rings (SSSR count). The number of esters is 1. The van der Waals surface area contributed by atoms with Gasteiger partial charge in [-0.05, 0) is 23.8 Å². The normalized spacial score (nSPS) is 11.7. The lowest BCUT2D eigenvalue weighted by atomic mass is 10.00. The van der Waals surface area contributed by atoms with E-state index < -0.39 is 17.7 Å². The van der Waals surface area contributed by atoms with Crippen molar-refractivity contribution in [3.8, 4) is 11.1 Å². The SMILES string of the molecule is COC(=O)c1ccc(-c2cc(C(F)(F)F)cc3[nH]ncc23)cn1. The second-order valence-corrected chi connectivity index (χ2v) is 4.78. The minimum absolute atomic E-state index is 0.0756. The van der Waals surface area contributed by atoms with Crippen LogP contribution in [0.3, 0.4) is 0 Å². The van der Waals surface area contributed by atoms with E-state index in [9.17, 15) is 18.0 Å². The fourth-order valence-electron chi connectivity index (χ4n) is 2.23. The predicted octanol–water partition coefficient (Wildman–Crippen LogP) is 3.43. The van der Waals surface area contributed by atoms with E-state index in [2.05, 4.69) is 19.9 Å². The van der Waals surface area contributed by atoms with Crippen molar-refractivity contribution < 1.29 is 22.7 Å². The van der Waals surface area contributed by atoms with E-state index in [0.29, 0.717) is 16.5 Å². The molecular weight excluding hydrogens is 311 g/mol. The summed E-state index contributed by atoms with van der Waals surface area (Å²) in [4.78, 5) is 15.3. The number of ether oxygens (including phenoxy) is 1. The van der Waals surface area contributed by atoms with Gasteiger partial charge in [0.15, 0.2) is 0 Å². The number of aromatic nitrogens is 3. The summed E-state index contributed by atoms with van der Waals surface area (Å²) in [5.74, 6) is -0.617. The first kappa shape index (κ1) is 15.0. The monoisotopic (exact) mass is 321 g/mol. The number of hydrogen-bond donors (Lipinski definition) is 1. The third-order valence-corrected chi connectivity index (χ3v) is 3.36. The summed E-state index contributed by atoms with van der Waals surface area (Å²) < 4.78 is 43.6. The number of alkyl halides is 3. The number of pyridine rings is 1. The molecule has 0 saturated heterocycles. The summed E-state index contributed by atoms with van der Waals surface area (Å²) >= 11 is 0. The molecule has 0 aliphatic rings. The summed E-state index contributed by atoms with van der Waals surface area (Å²) in [7, 11) is 1.22. The van der Waals surface area contributed by atoms with Gasteiger partial charge in [-0.1, -0.05) is 6.07 Å². The Balaban J connectivity index is 2.15. The molecule has 118 valence electrons. The third-order valence-electron chi connectivity index (χ3n) is 3.36. The van der Waals surface area contributed by atoms with E-state index in [1.54, 1.807) is 0 Å². The zero-order valence-electron chi connectivity index (χ0n) is 11.8. The van der Waals surface area contributed by atoms with Crippen molar-refractivity contribution >= 4 is 16.9 Å². The Morgan fingerprint density at radius 3 is 2.61 bits per heavy atom. The molecule has 0 bridgehead atoms. The molecule has 0 radical (unpaired) electrons. The Morgan fingerprint density at radius 2 is 2.00 bits per heavy atom. The number of carbonyl (C=O) groups excluding carboxylic acids is 1. The van der Waals surface area contributed by atoms with Crippen LogP contribution in [0.1, 0.15) is 16.1 Å². The van der Waals surface area contributed by atoms with Gasteiger partial charge < -0.3 is 4.74 Å². The van der Waals surface area contributed by atoms with Gasteiger partial charge in [0.1, 0.15) is 5.69 Å². The van der Waals surface area contributed by atoms with E-state index in [1.807, 2.05) is 0 Å². The van der Waals surface area contributed by atoms with E-state index in [0.717, 1.165) is 12.1 Å². The van der Waals surface area contributed by atoms with Gasteiger partial charge in [-0.2, -0.15) is 18.3 Å². The van der Waals surface area contributed by atoms with Crippen LogP contribution in [-0.4, -0.2) is 28.3 Å². The van der Waals surface area contributed by atoms with Crippen molar-refractivity contribution in [3.05, 3.63) is 47.9 Å². The van der Waals surface area contributed by atoms with Crippen molar-refractivity contribution in [2.45, 2.75) is 6.18 Å². The average Bonchev–Trinajstić information content (AvgIpc) is 3.01. The molecule has 0 atom stereocenters. The van der Waals surface area contributed by atoms with E-state index in [-0.39, 0.29) is 11.2 Å². The summed E-state index contributed by atoms with van der Waals surface area (Å²) in [6.45, 7) is 0. The molecule has 0 aliphatic heterocycles. The molecule has 0 saturated carbocycles. The van der Waals surface area contributed by atoms with Crippen LogP contribution in [-0.2, 0) is 10.9 Å². The first-order chi connectivity index (χ1) is 10.9. The maximum absolute atomic E-state index is 13.0. The molecule has 23 heavy (non-hydrogen) atoms. The molecule has 1 N–H and O–H groups in total. The number of carbonyl (C=O) groups is 1. The van der Waals surface area contributed by atoms with Crippen molar-refractivity contribution in [3.63, 3.8) is 0 Å². The Labute approximate surface area is 128 Å². The van der Waals surface area contributed by atoms with Crippen molar-refractivity contribution in [1.82, 2.24) is 15.2 Å². The van der Waals surface area contributed by atoms with Crippen LogP contribution in [0.15, 0.2) is 36.7 Å². The number of methoxy groups -OCH3 is 1. The van der Waals surface area contributed by atoms with Crippen molar-refractivity contribution in [2.75, 3.05) is 7.11 Å². The van der Waals surface area contributed by atoms with E-state index in [1.165, 1.54) is 31.6 Å². The van der Waals surface area contributed by atoms with Gasteiger partial charge in [0.05, 0.1) is 24.4 Å². The second kappa shape index (κ2) is 5.38. The number of nitrogens with zero attached hydrogens (tertiary/aromatic N) is 2. The molecule has 2 heterocycles. The smallest absolute Gasteiger partial charge is 0.416 e. The molecule has 1 aromatic carbocycles. The topological polar surface area (TPSA) is 67.9 Å². The van der Waals surface area contributed by atoms with Crippen LogP contribution in [0.5, 0.6) is 0 Å². The highest BCUT2D eigenvalue weighted by atomic mass is 19.4. The van der Waals surface area contributed by atoms with E-state index in [4.69, 9.17) is 0 Å². The molecule has 0 spiro atoms. The van der Waals surface area contributed by atoms with Gasteiger partial charge in [-0.15, -0.1) is 0 Å². The molecule has 3 aromatic rings. The number of aromatic amines is 1. The minimum atomic E-state index is -4.48. The van der Waals surface area contributed by atoms with Gasteiger partial charge in [0.2, 0.25) is 0 Å². The van der Waals surface area contributed by atoms with Gasteiger partial charge in [0.25, 0.3) is 0 Å². The predicted molar refractivity (Wildman–Crippen MR) is 75.7 cm³/mol. The van der Waals surface area contributed by atoms with Crippen LogP contribution in [0.2, 0.25) is 0 Å². The maximum Gasteiger partial charge on any atom is 0.416 e. The molecule has 5 nitrogen and oxygen atoms in total. The van der Waals surface area contributed by atoms with Gasteiger partial charge in [-0.25, -0.2) is 9.78 Å². The Morgan fingerprint density at radius 1 is 1.22 bits per heavy atom. The standard InChI is InChI=1S/C15H10F3N3O2/c1-23-14(22)12-3-2-8(6-19-12)10-4-9(15(16,17)18)5-13-11(10)7-20-21-13/h2-7H,1H3,(H,20,21). The number of rotatable bonds is 2. The molecule has 8 heteroatoms. The summed E-state index contributed by atoms with van der Waals surface area (Å²) in [5, 5.41) is 6.85. The van der Waals surface area contributed by atoms with Crippen LogP contribution in [0.25, 0.3) is 22.0 Å². The number of fused-ring (bicyclic) bond motifs is 1. The number of H-pyrrole nitrogens is 1. The highest BCUT2D eigenvalue weighted by molar-refractivity contribution is 5.95. The first-order valence-electron chi connectivity index (χ1n) is 6.49. The highest BCUT2D eigenvalue weighted by Crippen LogP contribution is 2.36. The molecule has 2 aromatic heterocycles. The Hall–Kier alpha value is -2.90. The largest absolute Gasteiger partial charge is 0.464 e. The highest BCUT2D eigenvalue weighted by Gasteiger charge is 2.31. The van der Waals surface area contributed by atoms with Crippen LogP contribution in [0, 0.1) is 0 Å². The summed E-state index contributed by atoms with van der Waals surface area (Å²) in [5.41, 5.74) is 0.322. The number of halogens is 3. The van der Waals surface area contributed by atoms with Gasteiger partial charge in [0, 0.05) is 17.1 Å². The van der Waals surface area contributed by atoms with Crippen molar-refractivity contribution in [1.29, 1.82) is 0 Å². The second-order valence-electron chi connectivity index (χ2n) is 4.78. The van der Waals surface area contributed by atoms with E-state index >= 15 is 0 Å². The van der Waals surface area contributed by atoms with Crippen LogP contribution >= 0.6 is 0 Å². The molecule has 0 fully saturated rings. The fraction of sp³-hybridized carbons (Fsp3) is 0.133. The zero-order valence-corrected chi connectivity index (χ0v) is 11.8. The third kappa shape index (κ3) is 2.75. The molecule has 0 unspecified atom stereocenters. The van der Waals surface area contributed by atoms with Crippen molar-refractivity contribution in [2.24, 2.45) is 0 Å². The number of nitrogens with one attached hydrogen (secondary N) is 1. The lowest BCUT2D eigenvalue weighted by molar-refractivity contribution is -0.137. The number of benzene rings is 1. The lowest BCUT2D eigenvalue weighted by Gasteiger charge is -2.10. The molecular formula is C15H10F3N3O2. The Bertz CT molecular complexity index is 870. The number of hydrogen-bond acceptors (Lipinski definition) is 4. The summed E-state index contributed by atoms with van der Waals surface area (Å²) in [6.07, 6.45) is -1.71. The lowest BCUT2D eigenvalue weighted by Crippen LogP contribution is -2.05. The summed E-state index contributed by atoms with van der Waals surface area (Å²) in [6, 6.07) is 4.95. The minimum Gasteiger partial charge on any atom is -0.464 e. The molecule has 0 amide bonds. The fourth-order valence-corrected chi connectivity index (χ4v) is 2.23. The molecule has 0 aliphatic carbocycles. The van der Waals surface area contributed by atoms with Crippen LogP contribution < -0.4 is 0 Å². The van der Waals surface area contributed by atoms with Gasteiger partial charge >= 0.3 is 12.1 Å². The maximum atomic E-state index is 13.0. The Kier molecular flexibility index (Phi) is 3.51. The first-order valence-corrected chi connectivity index (χ1v) is 6.49. The quantitative estimate of drug-likeness (QED) is 0.734.